The van der Waals surface area contributed by atoms with Crippen LogP contribution in [0.1, 0.15) is 20.3 Å². The van der Waals surface area contributed by atoms with Gasteiger partial charge >= 0.3 is 0 Å². The van der Waals surface area contributed by atoms with Crippen molar-refractivity contribution in [2.75, 3.05) is 33.1 Å². The minimum atomic E-state index is 0.175. The van der Waals surface area contributed by atoms with E-state index >= 15 is 0 Å². The summed E-state index contributed by atoms with van der Waals surface area (Å²) in [6.07, 6.45) is 1.19. The number of amides is 1. The van der Waals surface area contributed by atoms with Crippen LogP contribution in [0.5, 0.6) is 11.5 Å². The van der Waals surface area contributed by atoms with E-state index < -0.39 is 0 Å². The van der Waals surface area contributed by atoms with Gasteiger partial charge in [-0.2, -0.15) is 0 Å². The van der Waals surface area contributed by atoms with Gasteiger partial charge in [-0.1, -0.05) is 25.6 Å². The Hall–Kier alpha value is -2.28. The van der Waals surface area contributed by atoms with Gasteiger partial charge in [0.25, 0.3) is 0 Å². The van der Waals surface area contributed by atoms with Crippen molar-refractivity contribution in [3.05, 3.63) is 30.3 Å². The number of carbonyl (C=O) groups is 1. The van der Waals surface area contributed by atoms with E-state index in [0.29, 0.717) is 29.1 Å². The number of hydrogen-bond acceptors (Lipinski definition) is 6. The molecule has 0 spiro atoms. The molecule has 0 saturated carbocycles. The first-order valence-electron chi connectivity index (χ1n) is 9.46. The number of benzene rings is 1. The van der Waals surface area contributed by atoms with E-state index in [1.54, 1.807) is 14.2 Å². The molecule has 0 unspecified atom stereocenters. The fraction of sp³-hybridized carbons (Fsp3) is 0.476. The zero-order valence-corrected chi connectivity index (χ0v) is 17.7. The Labute approximate surface area is 170 Å². The summed E-state index contributed by atoms with van der Waals surface area (Å²) in [7, 11) is 3.21. The monoisotopic (exact) mass is 401 g/mol. The summed E-state index contributed by atoms with van der Waals surface area (Å²) in [4.78, 5) is 14.5. The van der Waals surface area contributed by atoms with E-state index in [1.807, 2.05) is 35.2 Å². The van der Waals surface area contributed by atoms with Gasteiger partial charge in [-0.25, -0.2) is 0 Å². The fourth-order valence-corrected chi connectivity index (χ4v) is 4.36. The van der Waals surface area contributed by atoms with Crippen LogP contribution in [0, 0.1) is 11.8 Å². The van der Waals surface area contributed by atoms with Gasteiger partial charge in [0.2, 0.25) is 5.91 Å². The summed E-state index contributed by atoms with van der Waals surface area (Å²) in [5, 5.41) is 9.32. The summed E-state index contributed by atoms with van der Waals surface area (Å²) in [6.45, 7) is 6.13. The molecule has 2 heterocycles. The zero-order chi connectivity index (χ0) is 20.1. The Morgan fingerprint density at radius 2 is 1.79 bits per heavy atom. The van der Waals surface area contributed by atoms with Crippen molar-refractivity contribution in [2.45, 2.75) is 25.3 Å². The predicted octanol–water partition coefficient (Wildman–Crippen LogP) is 3.76. The average molecular weight is 402 g/mol. The molecule has 7 heteroatoms. The summed E-state index contributed by atoms with van der Waals surface area (Å²) < 4.78 is 10.6. The largest absolute Gasteiger partial charge is 0.493 e. The van der Waals surface area contributed by atoms with Crippen LogP contribution in [-0.2, 0) is 4.79 Å². The molecule has 1 fully saturated rings. The van der Waals surface area contributed by atoms with E-state index in [1.165, 1.54) is 18.2 Å². The van der Waals surface area contributed by atoms with Gasteiger partial charge in [0.05, 0.1) is 25.7 Å². The van der Waals surface area contributed by atoms with E-state index in [2.05, 4.69) is 24.0 Å². The number of rotatable bonds is 6. The second-order valence-corrected chi connectivity index (χ2v) is 8.36. The molecule has 1 aliphatic rings. The third-order valence-corrected chi connectivity index (χ3v) is 5.79. The lowest BCUT2D eigenvalue weighted by atomic mass is 9.92. The summed E-state index contributed by atoms with van der Waals surface area (Å²) >= 11 is 1.43. The second-order valence-electron chi connectivity index (χ2n) is 7.36. The van der Waals surface area contributed by atoms with Gasteiger partial charge in [0, 0.05) is 18.7 Å². The number of ether oxygens (including phenoxy) is 2. The van der Waals surface area contributed by atoms with Crippen LogP contribution in [0.15, 0.2) is 35.4 Å². The summed E-state index contributed by atoms with van der Waals surface area (Å²) in [5.74, 6) is 3.02. The molecule has 150 valence electrons. The third kappa shape index (κ3) is 4.95. The number of likely N-dealkylation sites (tertiary alicyclic amines) is 1. The van der Waals surface area contributed by atoms with Crippen LogP contribution < -0.4 is 9.47 Å². The molecule has 0 bridgehead atoms. The first kappa shape index (κ1) is 20.5. The second kappa shape index (κ2) is 9.28. The summed E-state index contributed by atoms with van der Waals surface area (Å²) in [6, 6.07) is 9.45. The molecule has 3 rings (SSSR count). The molecule has 2 aromatic rings. The lowest BCUT2D eigenvalue weighted by Gasteiger charge is -2.34. The fourth-order valence-electron chi connectivity index (χ4n) is 3.64. The van der Waals surface area contributed by atoms with E-state index in [-0.39, 0.29) is 5.91 Å². The minimum absolute atomic E-state index is 0.175. The molecule has 2 atom stereocenters. The van der Waals surface area contributed by atoms with Crippen molar-refractivity contribution >= 4 is 17.7 Å². The van der Waals surface area contributed by atoms with Gasteiger partial charge < -0.3 is 14.4 Å². The van der Waals surface area contributed by atoms with Gasteiger partial charge in [0.1, 0.15) is 5.03 Å². The molecule has 0 N–H and O–H groups in total. The molecular formula is C21H27N3O3S. The molecule has 1 aliphatic heterocycles. The van der Waals surface area contributed by atoms with Crippen molar-refractivity contribution < 1.29 is 14.3 Å². The topological polar surface area (TPSA) is 64.5 Å². The maximum absolute atomic E-state index is 12.5. The standard InChI is InChI=1S/C21H27N3O3S/c1-14-9-15(2)12-24(11-14)21(25)13-28-20-8-6-17(22-23-20)16-5-7-18(26-3)19(10-16)27-4/h5-8,10,14-15H,9,11-13H2,1-4H3/t14-,15+. The maximum atomic E-state index is 12.5. The Balaban J connectivity index is 1.61. The van der Waals surface area contributed by atoms with Crippen LogP contribution in [0.25, 0.3) is 11.3 Å². The SMILES string of the molecule is COc1ccc(-c2ccc(SCC(=O)N3C[C@H](C)C[C@H](C)C3)nn2)cc1OC. The third-order valence-electron chi connectivity index (χ3n) is 4.88. The molecule has 1 saturated heterocycles. The van der Waals surface area contributed by atoms with Crippen molar-refractivity contribution in [1.29, 1.82) is 0 Å². The molecule has 1 amide bonds. The first-order chi connectivity index (χ1) is 13.5. The van der Waals surface area contributed by atoms with Crippen molar-refractivity contribution in [3.63, 3.8) is 0 Å². The highest BCUT2D eigenvalue weighted by Gasteiger charge is 2.25. The van der Waals surface area contributed by atoms with Gasteiger partial charge in [-0.15, -0.1) is 10.2 Å². The molecule has 0 radical (unpaired) electrons. The van der Waals surface area contributed by atoms with E-state index in [4.69, 9.17) is 9.47 Å². The first-order valence-corrected chi connectivity index (χ1v) is 10.5. The van der Waals surface area contributed by atoms with Crippen molar-refractivity contribution in [1.82, 2.24) is 15.1 Å². The quantitative estimate of drug-likeness (QED) is 0.687. The van der Waals surface area contributed by atoms with Crippen molar-refractivity contribution in [2.24, 2.45) is 11.8 Å². The lowest BCUT2D eigenvalue weighted by Crippen LogP contribution is -2.43. The Kier molecular flexibility index (Phi) is 6.78. The number of thioether (sulfide) groups is 1. The Morgan fingerprint density at radius 1 is 1.07 bits per heavy atom. The lowest BCUT2D eigenvalue weighted by molar-refractivity contribution is -0.130. The molecule has 1 aromatic heterocycles. The normalized spacial score (nSPS) is 19.4. The minimum Gasteiger partial charge on any atom is -0.493 e. The molecular weight excluding hydrogens is 374 g/mol. The predicted molar refractivity (Wildman–Crippen MR) is 111 cm³/mol. The van der Waals surface area contributed by atoms with Gasteiger partial charge in [-0.05, 0) is 48.6 Å². The van der Waals surface area contributed by atoms with Crippen LogP contribution in [0.2, 0.25) is 0 Å². The zero-order valence-electron chi connectivity index (χ0n) is 16.8. The van der Waals surface area contributed by atoms with Crippen LogP contribution in [0.3, 0.4) is 0 Å². The Morgan fingerprint density at radius 3 is 2.39 bits per heavy atom. The number of nitrogens with zero attached hydrogens (tertiary/aromatic N) is 3. The van der Waals surface area contributed by atoms with Crippen LogP contribution >= 0.6 is 11.8 Å². The average Bonchev–Trinajstić information content (AvgIpc) is 2.71. The van der Waals surface area contributed by atoms with Crippen LogP contribution in [-0.4, -0.2) is 54.1 Å². The summed E-state index contributed by atoms with van der Waals surface area (Å²) in [5.41, 5.74) is 1.64. The number of methoxy groups -OCH3 is 2. The highest BCUT2D eigenvalue weighted by atomic mass is 32.2. The number of hydrogen-bond donors (Lipinski definition) is 0. The van der Waals surface area contributed by atoms with Gasteiger partial charge in [-0.3, -0.25) is 4.79 Å². The molecule has 0 aliphatic carbocycles. The Bertz CT molecular complexity index is 803. The highest BCUT2D eigenvalue weighted by Crippen LogP contribution is 2.31. The number of piperidine rings is 1. The maximum Gasteiger partial charge on any atom is 0.233 e. The highest BCUT2D eigenvalue weighted by molar-refractivity contribution is 7.99. The van der Waals surface area contributed by atoms with E-state index in [0.717, 1.165) is 29.4 Å². The smallest absolute Gasteiger partial charge is 0.233 e. The number of aromatic nitrogens is 2. The van der Waals surface area contributed by atoms with Gasteiger partial charge in [0.15, 0.2) is 11.5 Å². The number of carbonyl (C=O) groups excluding carboxylic acids is 1. The molecule has 28 heavy (non-hydrogen) atoms. The van der Waals surface area contributed by atoms with Crippen LogP contribution in [0.4, 0.5) is 0 Å². The molecule has 1 aromatic carbocycles. The van der Waals surface area contributed by atoms with E-state index in [9.17, 15) is 4.79 Å². The van der Waals surface area contributed by atoms with Crippen molar-refractivity contribution in [3.8, 4) is 22.8 Å². The molecule has 6 nitrogen and oxygen atoms in total.